The van der Waals surface area contributed by atoms with Crippen molar-refractivity contribution >= 4 is 5.91 Å². The van der Waals surface area contributed by atoms with Crippen LogP contribution in [-0.2, 0) is 4.79 Å². The molecule has 1 spiro atoms. The summed E-state index contributed by atoms with van der Waals surface area (Å²) in [7, 11) is 1.68. The van der Waals surface area contributed by atoms with Gasteiger partial charge in [-0.25, -0.2) is 0 Å². The zero-order chi connectivity index (χ0) is 20.2. The zero-order valence-electron chi connectivity index (χ0n) is 17.5. The van der Waals surface area contributed by atoms with Crippen LogP contribution in [0.4, 0.5) is 0 Å². The molecule has 1 aromatic heterocycles. The summed E-state index contributed by atoms with van der Waals surface area (Å²) in [6, 6.07) is 4.09. The molecule has 5 rings (SSSR count). The highest BCUT2D eigenvalue weighted by molar-refractivity contribution is 5.81. The van der Waals surface area contributed by atoms with Crippen molar-refractivity contribution in [1.29, 1.82) is 0 Å². The monoisotopic (exact) mass is 400 g/mol. The van der Waals surface area contributed by atoms with Crippen LogP contribution in [0, 0.1) is 11.3 Å². The van der Waals surface area contributed by atoms with Crippen LogP contribution in [0.2, 0.25) is 0 Å². The fraction of sp³-hybridized carbons (Fsp3) is 0.739. The number of carbonyl (C=O) groups is 1. The van der Waals surface area contributed by atoms with E-state index in [9.17, 15) is 9.90 Å². The number of pyridine rings is 1. The lowest BCUT2D eigenvalue weighted by Crippen LogP contribution is -2.63. The summed E-state index contributed by atoms with van der Waals surface area (Å²) in [6.45, 7) is 3.57. The predicted octanol–water partition coefficient (Wildman–Crippen LogP) is 3.28. The molecule has 1 N–H and O–H groups in total. The molecule has 0 radical (unpaired) electrons. The van der Waals surface area contributed by atoms with E-state index in [-0.39, 0.29) is 23.3 Å². The first kappa shape index (κ1) is 19.2. The van der Waals surface area contributed by atoms with Crippen molar-refractivity contribution in [1.82, 2.24) is 9.88 Å². The third-order valence-corrected chi connectivity index (χ3v) is 7.44. The molecule has 0 atom stereocenters. The third-order valence-electron chi connectivity index (χ3n) is 7.44. The Morgan fingerprint density at radius 2 is 1.86 bits per heavy atom. The van der Waals surface area contributed by atoms with Crippen LogP contribution in [0.25, 0.3) is 0 Å². The molecule has 158 valence electrons. The Hall–Kier alpha value is -1.82. The summed E-state index contributed by atoms with van der Waals surface area (Å²) >= 11 is 0. The Kier molecular flexibility index (Phi) is 4.53. The van der Waals surface area contributed by atoms with Crippen LogP contribution in [-0.4, -0.2) is 52.8 Å². The molecule has 0 aromatic carbocycles. The molecule has 2 heterocycles. The molecule has 0 bridgehead atoms. The smallest absolute Gasteiger partial charge is 0.225 e. The number of aliphatic hydroxyl groups is 1. The van der Waals surface area contributed by atoms with Crippen LogP contribution in [0.5, 0.6) is 11.8 Å². The highest BCUT2D eigenvalue weighted by atomic mass is 16.5. The minimum Gasteiger partial charge on any atom is -0.481 e. The van der Waals surface area contributed by atoms with Gasteiger partial charge in [0.1, 0.15) is 6.10 Å². The van der Waals surface area contributed by atoms with Gasteiger partial charge in [0.2, 0.25) is 17.7 Å². The van der Waals surface area contributed by atoms with Crippen molar-refractivity contribution in [3.63, 3.8) is 0 Å². The van der Waals surface area contributed by atoms with Crippen LogP contribution in [0.15, 0.2) is 12.1 Å². The van der Waals surface area contributed by atoms with E-state index in [2.05, 4.69) is 11.1 Å². The highest BCUT2D eigenvalue weighted by Crippen LogP contribution is 2.48. The largest absolute Gasteiger partial charge is 0.481 e. The number of nitrogens with zero attached hydrogens (tertiary/aromatic N) is 2. The van der Waals surface area contributed by atoms with Crippen LogP contribution in [0.3, 0.4) is 0 Å². The molecule has 6 nitrogen and oxygen atoms in total. The molecule has 3 saturated carbocycles. The molecule has 3 aliphatic carbocycles. The summed E-state index contributed by atoms with van der Waals surface area (Å²) in [4.78, 5) is 19.1. The van der Waals surface area contributed by atoms with Gasteiger partial charge in [-0.15, -0.1) is 0 Å². The average Bonchev–Trinajstić information content (AvgIpc) is 3.49. The topological polar surface area (TPSA) is 71.9 Å². The van der Waals surface area contributed by atoms with Gasteiger partial charge in [0, 0.05) is 36.1 Å². The van der Waals surface area contributed by atoms with Gasteiger partial charge >= 0.3 is 0 Å². The molecule has 1 aliphatic heterocycles. The third kappa shape index (κ3) is 3.72. The lowest BCUT2D eigenvalue weighted by Gasteiger charge is -2.55. The molecule has 6 heteroatoms. The lowest BCUT2D eigenvalue weighted by atomic mass is 9.66. The average molecular weight is 401 g/mol. The quantitative estimate of drug-likeness (QED) is 0.821. The van der Waals surface area contributed by atoms with E-state index in [0.29, 0.717) is 30.5 Å². The SMILES string of the molecule is COc1nc(OC2CCC3(CC2)CN(C(=O)C2CC(C)(O)C2)C3)ccc1C1CC1. The minimum absolute atomic E-state index is 0.0293. The van der Waals surface area contributed by atoms with Gasteiger partial charge < -0.3 is 19.5 Å². The molecule has 29 heavy (non-hydrogen) atoms. The molecule has 4 fully saturated rings. The molecule has 0 unspecified atom stereocenters. The maximum Gasteiger partial charge on any atom is 0.225 e. The number of likely N-dealkylation sites (tertiary alicyclic amines) is 1. The predicted molar refractivity (Wildman–Crippen MR) is 108 cm³/mol. The maximum atomic E-state index is 12.5. The summed E-state index contributed by atoms with van der Waals surface area (Å²) in [5.41, 5.74) is 0.851. The van der Waals surface area contributed by atoms with Gasteiger partial charge in [0.25, 0.3) is 0 Å². The number of hydrogen-bond donors (Lipinski definition) is 1. The molecule has 1 saturated heterocycles. The lowest BCUT2D eigenvalue weighted by molar-refractivity contribution is -0.164. The summed E-state index contributed by atoms with van der Waals surface area (Å²) in [5.74, 6) is 2.25. The second kappa shape index (κ2) is 6.86. The normalized spacial score (nSPS) is 31.1. The Balaban J connectivity index is 1.11. The molecular weight excluding hydrogens is 368 g/mol. The minimum atomic E-state index is -0.633. The van der Waals surface area contributed by atoms with Crippen molar-refractivity contribution in [2.24, 2.45) is 11.3 Å². The van der Waals surface area contributed by atoms with Crippen LogP contribution < -0.4 is 9.47 Å². The van der Waals surface area contributed by atoms with Gasteiger partial charge in [0.05, 0.1) is 12.7 Å². The second-order valence-corrected chi connectivity index (χ2v) is 10.1. The standard InChI is InChI=1S/C23H32N2O4/c1-22(27)11-16(12-22)21(26)25-13-23(14-25)9-7-17(8-10-23)29-19-6-5-18(15-3-4-15)20(24-19)28-2/h5-6,15-17,27H,3-4,7-14H2,1-2H3. The van der Waals surface area contributed by atoms with Crippen molar-refractivity contribution in [2.75, 3.05) is 20.2 Å². The van der Waals surface area contributed by atoms with E-state index >= 15 is 0 Å². The van der Waals surface area contributed by atoms with E-state index in [1.54, 1.807) is 7.11 Å². The Bertz CT molecular complexity index is 780. The fourth-order valence-corrected chi connectivity index (χ4v) is 5.53. The number of hydrogen-bond acceptors (Lipinski definition) is 5. The molecule has 1 amide bonds. The van der Waals surface area contributed by atoms with Gasteiger partial charge in [-0.3, -0.25) is 4.79 Å². The molecule has 1 aromatic rings. The van der Waals surface area contributed by atoms with E-state index in [0.717, 1.165) is 38.8 Å². The summed E-state index contributed by atoms with van der Waals surface area (Å²) in [6.07, 6.45) is 8.08. The maximum absolute atomic E-state index is 12.5. The number of methoxy groups -OCH3 is 1. The second-order valence-electron chi connectivity index (χ2n) is 10.1. The zero-order valence-corrected chi connectivity index (χ0v) is 17.5. The molecule has 4 aliphatic rings. The van der Waals surface area contributed by atoms with E-state index in [1.807, 2.05) is 17.9 Å². The van der Waals surface area contributed by atoms with Gasteiger partial charge in [-0.05, 0) is 70.3 Å². The van der Waals surface area contributed by atoms with E-state index < -0.39 is 5.60 Å². The van der Waals surface area contributed by atoms with Crippen LogP contribution in [0.1, 0.15) is 69.8 Å². The van der Waals surface area contributed by atoms with Crippen molar-refractivity contribution < 1.29 is 19.4 Å². The van der Waals surface area contributed by atoms with Crippen LogP contribution >= 0.6 is 0 Å². The first-order chi connectivity index (χ1) is 13.9. The van der Waals surface area contributed by atoms with Gasteiger partial charge in [-0.1, -0.05) is 0 Å². The highest BCUT2D eigenvalue weighted by Gasteiger charge is 2.51. The Morgan fingerprint density at radius 1 is 1.17 bits per heavy atom. The Morgan fingerprint density at radius 3 is 2.45 bits per heavy atom. The molecular formula is C23H32N2O4. The number of aromatic nitrogens is 1. The van der Waals surface area contributed by atoms with E-state index in [4.69, 9.17) is 9.47 Å². The van der Waals surface area contributed by atoms with E-state index in [1.165, 1.54) is 18.4 Å². The first-order valence-corrected chi connectivity index (χ1v) is 11.1. The summed E-state index contributed by atoms with van der Waals surface area (Å²) in [5, 5.41) is 9.88. The number of amides is 1. The van der Waals surface area contributed by atoms with Gasteiger partial charge in [-0.2, -0.15) is 4.98 Å². The number of rotatable bonds is 5. The first-order valence-electron chi connectivity index (χ1n) is 11.1. The van der Waals surface area contributed by atoms with Crippen molar-refractivity contribution in [3.8, 4) is 11.8 Å². The Labute approximate surface area is 172 Å². The van der Waals surface area contributed by atoms with Crippen molar-refractivity contribution in [3.05, 3.63) is 17.7 Å². The van der Waals surface area contributed by atoms with Gasteiger partial charge in [0.15, 0.2) is 0 Å². The fourth-order valence-electron chi connectivity index (χ4n) is 5.53. The van der Waals surface area contributed by atoms with Crippen molar-refractivity contribution in [2.45, 2.75) is 75.9 Å². The number of ether oxygens (including phenoxy) is 2. The summed E-state index contributed by atoms with van der Waals surface area (Å²) < 4.78 is 11.6. The number of carbonyl (C=O) groups excluding carboxylic acids is 1.